The molecule has 0 spiro atoms. The average molecular weight is 379 g/mol. The minimum atomic E-state index is -1.05. The van der Waals surface area contributed by atoms with Crippen LogP contribution in [0, 0.1) is 0 Å². The van der Waals surface area contributed by atoms with Gasteiger partial charge in [0.25, 0.3) is 0 Å². The lowest BCUT2D eigenvalue weighted by molar-refractivity contribution is 0.0696. The van der Waals surface area contributed by atoms with Crippen molar-refractivity contribution in [3.63, 3.8) is 0 Å². The largest absolute Gasteiger partial charge is 0.494 e. The smallest absolute Gasteiger partial charge is 0.343 e. The molecule has 23 heavy (non-hydrogen) atoms. The average Bonchev–Trinajstić information content (AvgIpc) is 2.55. The number of rotatable bonds is 6. The molecule has 0 unspecified atom stereocenters. The first-order valence-corrected chi connectivity index (χ1v) is 7.78. The van der Waals surface area contributed by atoms with E-state index in [0.717, 1.165) is 6.42 Å². The van der Waals surface area contributed by atoms with Gasteiger partial charge in [0.05, 0.1) is 22.2 Å². The van der Waals surface area contributed by atoms with E-state index in [2.05, 4.69) is 15.9 Å². The van der Waals surface area contributed by atoms with E-state index in [0.29, 0.717) is 22.4 Å². The molecule has 2 aromatic rings. The highest BCUT2D eigenvalue weighted by Gasteiger charge is 2.13. The number of halogens is 1. The van der Waals surface area contributed by atoms with Crippen LogP contribution in [-0.2, 0) is 0 Å². The minimum absolute atomic E-state index is 0.106. The molecule has 0 aliphatic rings. The zero-order valence-electron chi connectivity index (χ0n) is 12.4. The van der Waals surface area contributed by atoms with Crippen molar-refractivity contribution >= 4 is 27.9 Å². The van der Waals surface area contributed by atoms with E-state index in [9.17, 15) is 9.59 Å². The second-order valence-corrected chi connectivity index (χ2v) is 5.57. The summed E-state index contributed by atoms with van der Waals surface area (Å²) in [4.78, 5) is 23.0. The highest BCUT2D eigenvalue weighted by Crippen LogP contribution is 2.27. The zero-order chi connectivity index (χ0) is 16.8. The fourth-order valence-electron chi connectivity index (χ4n) is 1.78. The van der Waals surface area contributed by atoms with E-state index in [-0.39, 0.29) is 11.3 Å². The fourth-order valence-corrected chi connectivity index (χ4v) is 2.24. The molecule has 2 aromatic carbocycles. The number of esters is 1. The Kier molecular flexibility index (Phi) is 5.76. The summed E-state index contributed by atoms with van der Waals surface area (Å²) in [7, 11) is 0. The first-order chi connectivity index (χ1) is 11.0. The Balaban J connectivity index is 2.08. The van der Waals surface area contributed by atoms with Gasteiger partial charge in [0.1, 0.15) is 11.5 Å². The molecule has 0 heterocycles. The SMILES string of the molecule is CCCOc1ccc(C(=O)Oc2ccc(C(=O)O)cc2Br)cc1. The maximum absolute atomic E-state index is 12.1. The summed E-state index contributed by atoms with van der Waals surface area (Å²) in [6.45, 7) is 2.63. The van der Waals surface area contributed by atoms with Crippen molar-refractivity contribution in [2.75, 3.05) is 6.61 Å². The molecule has 0 aliphatic carbocycles. The third kappa shape index (κ3) is 4.56. The molecule has 120 valence electrons. The van der Waals surface area contributed by atoms with Crippen LogP contribution in [0.4, 0.5) is 0 Å². The van der Waals surface area contributed by atoms with Gasteiger partial charge in [-0.2, -0.15) is 0 Å². The normalized spacial score (nSPS) is 10.2. The van der Waals surface area contributed by atoms with Crippen molar-refractivity contribution in [3.8, 4) is 11.5 Å². The molecule has 0 fully saturated rings. The predicted octanol–water partition coefficient (Wildman–Crippen LogP) is 4.16. The van der Waals surface area contributed by atoms with Gasteiger partial charge in [0, 0.05) is 0 Å². The van der Waals surface area contributed by atoms with Crippen LogP contribution in [0.3, 0.4) is 0 Å². The summed E-state index contributed by atoms with van der Waals surface area (Å²) >= 11 is 3.20. The van der Waals surface area contributed by atoms with Crippen LogP contribution in [0.2, 0.25) is 0 Å². The van der Waals surface area contributed by atoms with Crippen LogP contribution in [0.25, 0.3) is 0 Å². The molecule has 2 rings (SSSR count). The predicted molar refractivity (Wildman–Crippen MR) is 88.3 cm³/mol. The number of hydrogen-bond acceptors (Lipinski definition) is 4. The third-order valence-electron chi connectivity index (χ3n) is 2.94. The Morgan fingerprint density at radius 1 is 1.09 bits per heavy atom. The summed E-state index contributed by atoms with van der Waals surface area (Å²) in [5.41, 5.74) is 0.483. The van der Waals surface area contributed by atoms with Gasteiger partial charge in [-0.25, -0.2) is 9.59 Å². The van der Waals surface area contributed by atoms with Gasteiger partial charge >= 0.3 is 11.9 Å². The molecule has 1 N–H and O–H groups in total. The molecule has 0 aromatic heterocycles. The van der Waals surface area contributed by atoms with Gasteiger partial charge < -0.3 is 14.6 Å². The first kappa shape index (κ1) is 17.0. The number of carbonyl (C=O) groups excluding carboxylic acids is 1. The second-order valence-electron chi connectivity index (χ2n) is 4.71. The number of ether oxygens (including phenoxy) is 2. The van der Waals surface area contributed by atoms with Crippen LogP contribution in [0.15, 0.2) is 46.9 Å². The summed E-state index contributed by atoms with van der Waals surface area (Å²) in [5.74, 6) is -0.635. The molecule has 5 nitrogen and oxygen atoms in total. The highest BCUT2D eigenvalue weighted by atomic mass is 79.9. The highest BCUT2D eigenvalue weighted by molar-refractivity contribution is 9.10. The van der Waals surface area contributed by atoms with Crippen LogP contribution < -0.4 is 9.47 Å². The first-order valence-electron chi connectivity index (χ1n) is 6.99. The maximum Gasteiger partial charge on any atom is 0.343 e. The molecule has 0 saturated heterocycles. The molecule has 0 amide bonds. The molecule has 6 heteroatoms. The Morgan fingerprint density at radius 2 is 1.74 bits per heavy atom. The fraction of sp³-hybridized carbons (Fsp3) is 0.176. The van der Waals surface area contributed by atoms with Gasteiger partial charge in [0.15, 0.2) is 0 Å². The number of aromatic carboxylic acids is 1. The van der Waals surface area contributed by atoms with E-state index < -0.39 is 11.9 Å². The molecule has 0 aliphatic heterocycles. The number of carboxylic acids is 1. The molecule has 0 saturated carbocycles. The van der Waals surface area contributed by atoms with E-state index in [1.165, 1.54) is 18.2 Å². The van der Waals surface area contributed by atoms with Crippen molar-refractivity contribution in [1.29, 1.82) is 0 Å². The summed E-state index contributed by atoms with van der Waals surface area (Å²) in [5, 5.41) is 8.91. The van der Waals surface area contributed by atoms with E-state index in [1.54, 1.807) is 24.3 Å². The minimum Gasteiger partial charge on any atom is -0.494 e. The van der Waals surface area contributed by atoms with Crippen LogP contribution in [0.5, 0.6) is 11.5 Å². The van der Waals surface area contributed by atoms with Gasteiger partial charge in [-0.3, -0.25) is 0 Å². The summed E-state index contributed by atoms with van der Waals surface area (Å²) in [6.07, 6.45) is 0.907. The Morgan fingerprint density at radius 3 is 2.30 bits per heavy atom. The molecule has 0 radical (unpaired) electrons. The second kappa shape index (κ2) is 7.78. The molecular formula is C17H15BrO5. The number of carboxylic acid groups (broad SMARTS) is 1. The standard InChI is InChI=1S/C17H15BrO5/c1-2-9-22-13-6-3-11(4-7-13)17(21)23-15-8-5-12(16(19)20)10-14(15)18/h3-8,10H,2,9H2,1H3,(H,19,20). The Hall–Kier alpha value is -2.34. The van der Waals surface area contributed by atoms with Crippen molar-refractivity contribution in [2.45, 2.75) is 13.3 Å². The topological polar surface area (TPSA) is 72.8 Å². The number of hydrogen-bond donors (Lipinski definition) is 1. The van der Waals surface area contributed by atoms with Gasteiger partial charge in [-0.15, -0.1) is 0 Å². The van der Waals surface area contributed by atoms with Crippen LogP contribution >= 0.6 is 15.9 Å². The van der Waals surface area contributed by atoms with Gasteiger partial charge in [-0.05, 0) is 64.8 Å². The monoisotopic (exact) mass is 378 g/mol. The Bertz CT molecular complexity index is 709. The zero-order valence-corrected chi connectivity index (χ0v) is 14.0. The lowest BCUT2D eigenvalue weighted by Crippen LogP contribution is -2.09. The van der Waals surface area contributed by atoms with Crippen molar-refractivity contribution < 1.29 is 24.2 Å². The molecule has 0 atom stereocenters. The van der Waals surface area contributed by atoms with E-state index in [4.69, 9.17) is 14.6 Å². The van der Waals surface area contributed by atoms with Gasteiger partial charge in [0.2, 0.25) is 0 Å². The molecular weight excluding hydrogens is 364 g/mol. The Labute approximate surface area is 142 Å². The maximum atomic E-state index is 12.1. The number of benzene rings is 2. The van der Waals surface area contributed by atoms with E-state index in [1.807, 2.05) is 6.92 Å². The summed E-state index contributed by atoms with van der Waals surface area (Å²) < 4.78 is 11.1. The molecule has 0 bridgehead atoms. The van der Waals surface area contributed by atoms with Crippen molar-refractivity contribution in [3.05, 3.63) is 58.1 Å². The van der Waals surface area contributed by atoms with Gasteiger partial charge in [-0.1, -0.05) is 6.92 Å². The van der Waals surface area contributed by atoms with Crippen molar-refractivity contribution in [1.82, 2.24) is 0 Å². The van der Waals surface area contributed by atoms with Crippen molar-refractivity contribution in [2.24, 2.45) is 0 Å². The lowest BCUT2D eigenvalue weighted by Gasteiger charge is -2.08. The summed E-state index contributed by atoms with van der Waals surface area (Å²) in [6, 6.07) is 10.8. The van der Waals surface area contributed by atoms with Crippen LogP contribution in [-0.4, -0.2) is 23.7 Å². The third-order valence-corrected chi connectivity index (χ3v) is 3.56. The van der Waals surface area contributed by atoms with E-state index >= 15 is 0 Å². The number of carbonyl (C=O) groups is 2. The van der Waals surface area contributed by atoms with Crippen LogP contribution in [0.1, 0.15) is 34.1 Å². The quantitative estimate of drug-likeness (QED) is 0.603. The lowest BCUT2D eigenvalue weighted by atomic mass is 10.2.